The molecule has 1 amide bonds. The van der Waals surface area contributed by atoms with Crippen molar-refractivity contribution < 1.29 is 9.90 Å². The van der Waals surface area contributed by atoms with Crippen LogP contribution in [0.3, 0.4) is 0 Å². The fraction of sp³-hybridized carbons (Fsp3) is 0.167. The predicted molar refractivity (Wildman–Crippen MR) is 94.1 cm³/mol. The molecule has 3 nitrogen and oxygen atoms in total. The lowest BCUT2D eigenvalue weighted by atomic mass is 10.2. The summed E-state index contributed by atoms with van der Waals surface area (Å²) in [5.74, 6) is 0.0671. The molecule has 0 radical (unpaired) electrons. The van der Waals surface area contributed by atoms with Crippen LogP contribution < -0.4 is 0 Å². The lowest BCUT2D eigenvalue weighted by Crippen LogP contribution is -2.27. The SMILES string of the molecule is CCN1C(=O)C(=Cc2cc(Br)cc(I)c2O)SC1=S. The van der Waals surface area contributed by atoms with E-state index in [0.717, 1.165) is 8.04 Å². The zero-order valence-corrected chi connectivity index (χ0v) is 15.2. The Morgan fingerprint density at radius 3 is 2.84 bits per heavy atom. The Balaban J connectivity index is 2.43. The van der Waals surface area contributed by atoms with Gasteiger partial charge in [-0.2, -0.15) is 0 Å². The van der Waals surface area contributed by atoms with Gasteiger partial charge in [0.25, 0.3) is 5.91 Å². The maximum atomic E-state index is 12.1. The number of hydrogen-bond donors (Lipinski definition) is 1. The van der Waals surface area contributed by atoms with Gasteiger partial charge in [-0.15, -0.1) is 0 Å². The number of carbonyl (C=O) groups is 1. The number of aromatic hydroxyl groups is 1. The molecule has 1 heterocycles. The predicted octanol–water partition coefficient (Wildman–Crippen LogP) is 3.98. The number of halogens is 2. The Bertz CT molecular complexity index is 604. The molecule has 1 aliphatic heterocycles. The Labute approximate surface area is 142 Å². The highest BCUT2D eigenvalue weighted by Gasteiger charge is 2.30. The Hall–Kier alpha value is -0.120. The Morgan fingerprint density at radius 2 is 2.26 bits per heavy atom. The molecule has 1 aromatic rings. The molecule has 100 valence electrons. The minimum atomic E-state index is -0.105. The minimum absolute atomic E-state index is 0.105. The maximum absolute atomic E-state index is 12.1. The highest BCUT2D eigenvalue weighted by molar-refractivity contribution is 14.1. The number of phenols is 1. The summed E-state index contributed by atoms with van der Waals surface area (Å²) in [4.78, 5) is 14.2. The quantitative estimate of drug-likeness (QED) is 0.404. The van der Waals surface area contributed by atoms with Crippen LogP contribution >= 0.6 is 62.5 Å². The zero-order valence-electron chi connectivity index (χ0n) is 9.81. The highest BCUT2D eigenvalue weighted by atomic mass is 127. The van der Waals surface area contributed by atoms with Crippen LogP contribution in [0.5, 0.6) is 5.75 Å². The van der Waals surface area contributed by atoms with Gasteiger partial charge < -0.3 is 5.11 Å². The maximum Gasteiger partial charge on any atom is 0.266 e. The third-order valence-corrected chi connectivity index (χ3v) is 5.19. The first-order chi connectivity index (χ1) is 8.93. The van der Waals surface area contributed by atoms with Gasteiger partial charge in [-0.3, -0.25) is 9.69 Å². The molecule has 0 unspecified atom stereocenters. The minimum Gasteiger partial charge on any atom is -0.506 e. The van der Waals surface area contributed by atoms with Gasteiger partial charge in [-0.25, -0.2) is 0 Å². The molecular formula is C12H9BrINO2S2. The van der Waals surface area contributed by atoms with Gasteiger partial charge in [0.15, 0.2) is 0 Å². The molecule has 19 heavy (non-hydrogen) atoms. The summed E-state index contributed by atoms with van der Waals surface area (Å²) < 4.78 is 2.14. The van der Waals surface area contributed by atoms with E-state index in [1.165, 1.54) is 11.8 Å². The number of thioether (sulfide) groups is 1. The molecule has 7 heteroatoms. The second-order valence-corrected chi connectivity index (χ2v) is 7.51. The lowest BCUT2D eigenvalue weighted by Gasteiger charge is -2.09. The highest BCUT2D eigenvalue weighted by Crippen LogP contribution is 2.36. The van der Waals surface area contributed by atoms with Gasteiger partial charge in [0.1, 0.15) is 10.1 Å². The van der Waals surface area contributed by atoms with Crippen LogP contribution in [-0.4, -0.2) is 26.8 Å². The summed E-state index contributed by atoms with van der Waals surface area (Å²) in [7, 11) is 0. The fourth-order valence-electron chi connectivity index (χ4n) is 1.61. The molecule has 1 fully saturated rings. The number of hydrogen-bond acceptors (Lipinski definition) is 4. The fourth-order valence-corrected chi connectivity index (χ4v) is 4.54. The van der Waals surface area contributed by atoms with Crippen LogP contribution in [0.2, 0.25) is 0 Å². The molecule has 1 aliphatic rings. The zero-order chi connectivity index (χ0) is 14.2. The van der Waals surface area contributed by atoms with E-state index in [4.69, 9.17) is 12.2 Å². The average Bonchev–Trinajstić information content (AvgIpc) is 2.60. The number of phenolic OH excluding ortho intramolecular Hbond substituents is 1. The van der Waals surface area contributed by atoms with Crippen molar-refractivity contribution in [1.29, 1.82) is 0 Å². The number of benzene rings is 1. The summed E-state index contributed by atoms with van der Waals surface area (Å²) >= 11 is 11.8. The van der Waals surface area contributed by atoms with Gasteiger partial charge >= 0.3 is 0 Å². The van der Waals surface area contributed by atoms with Gasteiger partial charge in [0.05, 0.1) is 8.48 Å². The van der Waals surface area contributed by atoms with E-state index < -0.39 is 0 Å². The Morgan fingerprint density at radius 1 is 1.58 bits per heavy atom. The van der Waals surface area contributed by atoms with Crippen molar-refractivity contribution >= 4 is 78.8 Å². The molecule has 1 N–H and O–H groups in total. The van der Waals surface area contributed by atoms with E-state index in [2.05, 4.69) is 15.9 Å². The van der Waals surface area contributed by atoms with Gasteiger partial charge in [-0.1, -0.05) is 39.9 Å². The largest absolute Gasteiger partial charge is 0.506 e. The molecule has 0 saturated carbocycles. The first-order valence-electron chi connectivity index (χ1n) is 5.37. The van der Waals surface area contributed by atoms with Crippen LogP contribution in [0.15, 0.2) is 21.5 Å². The van der Waals surface area contributed by atoms with Crippen LogP contribution in [0, 0.1) is 3.57 Å². The summed E-state index contributed by atoms with van der Waals surface area (Å²) in [6.45, 7) is 2.44. The van der Waals surface area contributed by atoms with E-state index in [1.54, 1.807) is 17.0 Å². The van der Waals surface area contributed by atoms with Crippen molar-refractivity contribution in [2.75, 3.05) is 6.54 Å². The second kappa shape index (κ2) is 6.11. The van der Waals surface area contributed by atoms with Crippen LogP contribution in [-0.2, 0) is 4.79 Å². The van der Waals surface area contributed by atoms with E-state index >= 15 is 0 Å². The number of amides is 1. The topological polar surface area (TPSA) is 40.5 Å². The number of nitrogens with zero attached hydrogens (tertiary/aromatic N) is 1. The number of carbonyl (C=O) groups excluding carboxylic acids is 1. The third kappa shape index (κ3) is 3.14. The summed E-state index contributed by atoms with van der Waals surface area (Å²) in [5, 5.41) is 10.0. The van der Waals surface area contributed by atoms with Crippen molar-refractivity contribution in [3.63, 3.8) is 0 Å². The summed E-state index contributed by atoms with van der Waals surface area (Å²) in [5.41, 5.74) is 0.607. The van der Waals surface area contributed by atoms with Crippen LogP contribution in [0.4, 0.5) is 0 Å². The van der Waals surface area contributed by atoms with Crippen molar-refractivity contribution in [3.8, 4) is 5.75 Å². The smallest absolute Gasteiger partial charge is 0.266 e. The van der Waals surface area contributed by atoms with Gasteiger partial charge in [0, 0.05) is 16.6 Å². The van der Waals surface area contributed by atoms with Gasteiger partial charge in [-0.05, 0) is 47.7 Å². The molecule has 1 saturated heterocycles. The normalized spacial score (nSPS) is 17.6. The number of thiocarbonyl (C=S) groups is 1. The van der Waals surface area contributed by atoms with Crippen LogP contribution in [0.1, 0.15) is 12.5 Å². The first kappa shape index (κ1) is 15.3. The van der Waals surface area contributed by atoms with Crippen LogP contribution in [0.25, 0.3) is 6.08 Å². The number of rotatable bonds is 2. The van der Waals surface area contributed by atoms with Crippen molar-refractivity contribution in [2.45, 2.75) is 6.92 Å². The first-order valence-corrected chi connectivity index (χ1v) is 8.47. The molecule has 0 bridgehead atoms. The van der Waals surface area contributed by atoms with Crippen molar-refractivity contribution in [3.05, 3.63) is 30.6 Å². The summed E-state index contributed by atoms with van der Waals surface area (Å²) in [6, 6.07) is 3.58. The molecule has 2 rings (SSSR count). The van der Waals surface area contributed by atoms with Crippen molar-refractivity contribution in [2.24, 2.45) is 0 Å². The van der Waals surface area contributed by atoms with E-state index in [9.17, 15) is 9.90 Å². The molecule has 1 aromatic carbocycles. The monoisotopic (exact) mass is 469 g/mol. The molecule has 0 aliphatic carbocycles. The van der Waals surface area contributed by atoms with E-state index in [0.29, 0.717) is 21.3 Å². The number of likely N-dealkylation sites (N-methyl/N-ethyl adjacent to an activating group) is 1. The van der Waals surface area contributed by atoms with Crippen molar-refractivity contribution in [1.82, 2.24) is 4.90 Å². The summed E-state index contributed by atoms with van der Waals surface area (Å²) in [6.07, 6.45) is 1.68. The average molecular weight is 470 g/mol. The molecule has 0 aromatic heterocycles. The standard InChI is InChI=1S/C12H9BrINO2S2/c1-2-15-11(17)9(19-12(15)18)4-6-3-7(13)5-8(14)10(6)16/h3-5,16H,2H2,1H3. The molecule has 0 atom stereocenters. The second-order valence-electron chi connectivity index (χ2n) is 3.75. The molecule has 0 spiro atoms. The van der Waals surface area contributed by atoms with E-state index in [1.807, 2.05) is 35.6 Å². The lowest BCUT2D eigenvalue weighted by molar-refractivity contribution is -0.121. The van der Waals surface area contributed by atoms with E-state index in [-0.39, 0.29) is 11.7 Å². The van der Waals surface area contributed by atoms with Gasteiger partial charge in [0.2, 0.25) is 0 Å². The molecular weight excluding hydrogens is 461 g/mol. The Kier molecular flexibility index (Phi) is 4.91. The third-order valence-electron chi connectivity index (χ3n) is 2.53.